The van der Waals surface area contributed by atoms with E-state index in [9.17, 15) is 33.9 Å². The van der Waals surface area contributed by atoms with Gasteiger partial charge in [0.1, 0.15) is 29.4 Å². The summed E-state index contributed by atoms with van der Waals surface area (Å²) in [7, 11) is 3.13. The van der Waals surface area contributed by atoms with Crippen LogP contribution in [0.5, 0.6) is 0 Å². The van der Waals surface area contributed by atoms with Gasteiger partial charge < -0.3 is 30.9 Å². The van der Waals surface area contributed by atoms with Crippen LogP contribution in [0.4, 0.5) is 0 Å². The fourth-order valence-corrected chi connectivity index (χ4v) is 7.58. The molecule has 0 bridgehead atoms. The number of hydrogen-bond acceptors (Lipinski definition) is 7. The molecule has 1 saturated heterocycles. The van der Waals surface area contributed by atoms with Gasteiger partial charge in [0.25, 0.3) is 0 Å². The topological polar surface area (TPSA) is 165 Å². The molecule has 2 unspecified atom stereocenters. The third-order valence-corrected chi connectivity index (χ3v) is 11.0. The van der Waals surface area contributed by atoms with Crippen LogP contribution in [0.25, 0.3) is 0 Å². The fourth-order valence-electron chi connectivity index (χ4n) is 6.48. The second kappa shape index (κ2) is 23.9. The maximum Gasteiger partial charge on any atom is 0.318 e. The molecule has 0 radical (unpaired) electrons. The number of unbranched alkanes of at least 4 members (excludes halogenated alkanes) is 4. The molecule has 1 fully saturated rings. The highest BCUT2D eigenvalue weighted by Crippen LogP contribution is 2.22. The Morgan fingerprint density at radius 1 is 0.712 bits per heavy atom. The lowest BCUT2D eigenvalue weighted by atomic mass is 10.00. The van der Waals surface area contributed by atoms with E-state index in [-0.39, 0.29) is 18.6 Å². The van der Waals surface area contributed by atoms with Crippen molar-refractivity contribution < 1.29 is 33.9 Å². The van der Waals surface area contributed by atoms with E-state index in [0.29, 0.717) is 51.4 Å². The van der Waals surface area contributed by atoms with Gasteiger partial charge in [-0.15, -0.1) is 11.8 Å². The SMILES string of the molecule is CCCCC1C(=O)N[C@@H](CCCC)C(=O)N(C)[C@@H](CCCC)C(=O)N[C@@H](Cc2ccccc2)C(C(=O)O)SCCC(=O)N[C@@H](CCCC)C(=O)N1C. The van der Waals surface area contributed by atoms with Crippen molar-refractivity contribution in [2.75, 3.05) is 19.8 Å². The highest BCUT2D eigenvalue weighted by atomic mass is 32.2. The second-order valence-corrected chi connectivity index (χ2v) is 15.1. The number of nitrogens with zero attached hydrogens (tertiary/aromatic N) is 2. The van der Waals surface area contributed by atoms with Gasteiger partial charge in [-0.3, -0.25) is 28.8 Å². The van der Waals surface area contributed by atoms with Crippen LogP contribution in [0.2, 0.25) is 0 Å². The number of likely N-dealkylation sites (N-methyl/N-ethyl adjacent to an activating group) is 2. The van der Waals surface area contributed by atoms with Gasteiger partial charge >= 0.3 is 5.97 Å². The number of carbonyl (C=O) groups is 6. The Morgan fingerprint density at radius 2 is 1.17 bits per heavy atom. The molecule has 292 valence electrons. The Hall–Kier alpha value is -3.61. The van der Waals surface area contributed by atoms with Crippen molar-refractivity contribution in [3.63, 3.8) is 0 Å². The quantitative estimate of drug-likeness (QED) is 0.201. The average molecular weight is 746 g/mol. The fraction of sp³-hybridized carbons (Fsp3) is 0.692. The van der Waals surface area contributed by atoms with Gasteiger partial charge in [-0.25, -0.2) is 0 Å². The zero-order valence-electron chi connectivity index (χ0n) is 32.2. The van der Waals surface area contributed by atoms with E-state index >= 15 is 0 Å². The maximum absolute atomic E-state index is 14.3. The van der Waals surface area contributed by atoms with Gasteiger partial charge in [0.15, 0.2) is 0 Å². The lowest BCUT2D eigenvalue weighted by Crippen LogP contribution is -2.59. The van der Waals surface area contributed by atoms with Gasteiger partial charge in [-0.1, -0.05) is 109 Å². The van der Waals surface area contributed by atoms with Crippen molar-refractivity contribution in [2.45, 2.75) is 153 Å². The molecule has 1 aliphatic rings. The molecular weight excluding hydrogens is 683 g/mol. The number of hydrogen-bond donors (Lipinski definition) is 4. The Morgan fingerprint density at radius 3 is 1.65 bits per heavy atom. The normalized spacial score (nSPS) is 24.7. The van der Waals surface area contributed by atoms with Crippen LogP contribution in [-0.4, -0.2) is 106 Å². The molecule has 0 saturated carbocycles. The first kappa shape index (κ1) is 44.6. The number of benzene rings is 1. The van der Waals surface area contributed by atoms with Crippen LogP contribution < -0.4 is 16.0 Å². The minimum Gasteiger partial charge on any atom is -0.480 e. The highest BCUT2D eigenvalue weighted by Gasteiger charge is 2.38. The van der Waals surface area contributed by atoms with E-state index in [1.54, 1.807) is 14.1 Å². The first-order valence-corrected chi connectivity index (χ1v) is 20.3. The smallest absolute Gasteiger partial charge is 0.318 e. The summed E-state index contributed by atoms with van der Waals surface area (Å²) in [4.78, 5) is 85.4. The zero-order chi connectivity index (χ0) is 38.6. The summed E-state index contributed by atoms with van der Waals surface area (Å²) in [5, 5.41) is 18.1. The number of rotatable bonds is 15. The third-order valence-electron chi connectivity index (χ3n) is 9.70. The lowest BCUT2D eigenvalue weighted by molar-refractivity contribution is -0.145. The number of carbonyl (C=O) groups excluding carboxylic acids is 5. The van der Waals surface area contributed by atoms with Gasteiger partial charge in [0.2, 0.25) is 29.5 Å². The van der Waals surface area contributed by atoms with E-state index in [2.05, 4.69) is 16.0 Å². The summed E-state index contributed by atoms with van der Waals surface area (Å²) in [6, 6.07) is 4.80. The molecule has 1 aliphatic heterocycles. The molecule has 13 heteroatoms. The molecule has 1 aromatic carbocycles. The zero-order valence-corrected chi connectivity index (χ0v) is 33.0. The standard InChI is InChI=1S/C39H63N5O7S/c1-7-11-20-28-37(48)43(5)31(22-13-9-3)35(46)41-29(21-12-8-2)38(49)44(6)32(23-14-10-4)36(47)42-30(26-27-18-16-15-17-19-27)34(39(50)51)52-25-24-33(45)40-28/h15-19,28-32,34H,7-14,20-26H2,1-6H3,(H,40,45)(H,41,46)(H,42,47)(H,50,51)/t28-,29-,30-,31?,32-,34?/m0/s1. The van der Waals surface area contributed by atoms with Gasteiger partial charge in [0, 0.05) is 26.3 Å². The number of carboxylic acids is 1. The van der Waals surface area contributed by atoms with E-state index in [1.807, 2.05) is 58.0 Å². The Kier molecular flexibility index (Phi) is 20.4. The van der Waals surface area contributed by atoms with Crippen molar-refractivity contribution in [2.24, 2.45) is 0 Å². The molecular formula is C39H63N5O7S. The second-order valence-electron chi connectivity index (χ2n) is 13.9. The van der Waals surface area contributed by atoms with Crippen LogP contribution in [-0.2, 0) is 35.2 Å². The molecule has 1 heterocycles. The number of nitrogens with one attached hydrogen (secondary N) is 3. The Balaban J connectivity index is 2.67. The number of amides is 5. The molecule has 0 spiro atoms. The first-order chi connectivity index (χ1) is 24.9. The maximum atomic E-state index is 14.3. The number of carboxylic acid groups (broad SMARTS) is 1. The molecule has 0 aromatic heterocycles. The average Bonchev–Trinajstić information content (AvgIpc) is 3.12. The van der Waals surface area contributed by atoms with Crippen molar-refractivity contribution in [3.8, 4) is 0 Å². The summed E-state index contributed by atoms with van der Waals surface area (Å²) < 4.78 is 0. The van der Waals surface area contributed by atoms with Crippen LogP contribution in [0.1, 0.15) is 117 Å². The van der Waals surface area contributed by atoms with Crippen molar-refractivity contribution >= 4 is 47.3 Å². The van der Waals surface area contributed by atoms with Gasteiger partial charge in [0.05, 0.1) is 6.04 Å². The molecule has 0 aliphatic carbocycles. The Bertz CT molecular complexity index is 1300. The molecule has 4 N–H and O–H groups in total. The summed E-state index contributed by atoms with van der Waals surface area (Å²) >= 11 is 1.06. The van der Waals surface area contributed by atoms with E-state index < -0.39 is 71.0 Å². The summed E-state index contributed by atoms with van der Waals surface area (Å²) in [5.74, 6) is -3.14. The highest BCUT2D eigenvalue weighted by molar-refractivity contribution is 8.00. The van der Waals surface area contributed by atoms with E-state index in [1.165, 1.54) is 9.80 Å². The lowest BCUT2D eigenvalue weighted by Gasteiger charge is -2.34. The van der Waals surface area contributed by atoms with E-state index in [4.69, 9.17) is 0 Å². The molecule has 52 heavy (non-hydrogen) atoms. The minimum absolute atomic E-state index is 0.0463. The van der Waals surface area contributed by atoms with Crippen molar-refractivity contribution in [3.05, 3.63) is 35.9 Å². The Labute approximate surface area is 315 Å². The molecule has 12 nitrogen and oxygen atoms in total. The predicted octanol–water partition coefficient (Wildman–Crippen LogP) is 4.69. The number of thioether (sulfide) groups is 1. The van der Waals surface area contributed by atoms with Crippen LogP contribution in [0.3, 0.4) is 0 Å². The molecule has 6 atom stereocenters. The molecule has 2 rings (SSSR count). The van der Waals surface area contributed by atoms with Gasteiger partial charge in [-0.2, -0.15) is 0 Å². The summed E-state index contributed by atoms with van der Waals surface area (Å²) in [5.41, 5.74) is 0.826. The number of aliphatic carboxylic acids is 1. The minimum atomic E-state index is -1.13. The van der Waals surface area contributed by atoms with Crippen LogP contribution in [0, 0.1) is 0 Å². The molecule has 5 amide bonds. The largest absolute Gasteiger partial charge is 0.480 e. The third kappa shape index (κ3) is 14.1. The van der Waals surface area contributed by atoms with Crippen LogP contribution in [0.15, 0.2) is 30.3 Å². The summed E-state index contributed by atoms with van der Waals surface area (Å²) in [6.45, 7) is 7.96. The monoisotopic (exact) mass is 745 g/mol. The van der Waals surface area contributed by atoms with Crippen LogP contribution >= 0.6 is 11.8 Å². The van der Waals surface area contributed by atoms with Crippen molar-refractivity contribution in [1.29, 1.82) is 0 Å². The summed E-state index contributed by atoms with van der Waals surface area (Å²) in [6.07, 6.45) is 7.36. The first-order valence-electron chi connectivity index (χ1n) is 19.2. The van der Waals surface area contributed by atoms with E-state index in [0.717, 1.165) is 43.0 Å². The molecule has 1 aromatic rings. The van der Waals surface area contributed by atoms with Gasteiger partial charge in [-0.05, 0) is 37.7 Å². The predicted molar refractivity (Wildman–Crippen MR) is 206 cm³/mol. The van der Waals surface area contributed by atoms with Crippen molar-refractivity contribution in [1.82, 2.24) is 25.8 Å².